The number of nitrogens with zero attached hydrogens (tertiary/aromatic N) is 1. The highest BCUT2D eigenvalue weighted by atomic mass is 32.1. The molecule has 0 bridgehead atoms. The van der Waals surface area contributed by atoms with Crippen LogP contribution in [0.2, 0.25) is 0 Å². The number of non-ortho nitro benzene ring substituents is 1. The van der Waals surface area contributed by atoms with Gasteiger partial charge in [0, 0.05) is 22.7 Å². The van der Waals surface area contributed by atoms with Gasteiger partial charge >= 0.3 is 0 Å². The monoisotopic (exact) mass is 385 g/mol. The van der Waals surface area contributed by atoms with E-state index in [0.717, 1.165) is 10.4 Å². The van der Waals surface area contributed by atoms with Crippen molar-refractivity contribution in [2.75, 3.05) is 11.9 Å². The fourth-order valence-electron chi connectivity index (χ4n) is 2.55. The van der Waals surface area contributed by atoms with E-state index >= 15 is 0 Å². The summed E-state index contributed by atoms with van der Waals surface area (Å²) in [6.07, 6.45) is 0. The van der Waals surface area contributed by atoms with Crippen LogP contribution in [0.25, 0.3) is 0 Å². The number of hydrogen-bond acceptors (Lipinski definition) is 5. The van der Waals surface area contributed by atoms with Crippen LogP contribution < -0.4 is 10.6 Å². The predicted molar refractivity (Wildman–Crippen MR) is 102 cm³/mol. The lowest BCUT2D eigenvalue weighted by molar-refractivity contribution is -0.384. The van der Waals surface area contributed by atoms with E-state index in [4.69, 9.17) is 0 Å². The maximum absolute atomic E-state index is 13.2. The molecule has 0 spiro atoms. The minimum Gasteiger partial charge on any atom is -0.376 e. The Morgan fingerprint density at radius 1 is 1.15 bits per heavy atom. The first-order valence-corrected chi connectivity index (χ1v) is 8.97. The third-order valence-electron chi connectivity index (χ3n) is 3.85. The van der Waals surface area contributed by atoms with Crippen molar-refractivity contribution < 1.29 is 14.1 Å². The Bertz CT molecular complexity index is 930. The van der Waals surface area contributed by atoms with Gasteiger partial charge < -0.3 is 10.6 Å². The van der Waals surface area contributed by atoms with E-state index in [1.54, 1.807) is 24.3 Å². The van der Waals surface area contributed by atoms with Crippen LogP contribution in [0, 0.1) is 15.9 Å². The van der Waals surface area contributed by atoms with Gasteiger partial charge in [0.15, 0.2) is 0 Å². The Hall–Kier alpha value is -3.26. The number of anilines is 1. The number of hydrogen-bond donors (Lipinski definition) is 2. The molecule has 1 heterocycles. The molecule has 1 amide bonds. The fourth-order valence-corrected chi connectivity index (χ4v) is 3.36. The molecule has 1 aromatic heterocycles. The first kappa shape index (κ1) is 18.5. The first-order chi connectivity index (χ1) is 13.0. The molecule has 8 heteroatoms. The van der Waals surface area contributed by atoms with E-state index in [-0.39, 0.29) is 24.0 Å². The molecule has 0 aliphatic rings. The summed E-state index contributed by atoms with van der Waals surface area (Å²) < 4.78 is 13.2. The number of nitro benzene ring substituents is 1. The molecular weight excluding hydrogens is 369 g/mol. The van der Waals surface area contributed by atoms with Crippen LogP contribution in [0.15, 0.2) is 66.0 Å². The Balaban J connectivity index is 1.69. The van der Waals surface area contributed by atoms with Crippen molar-refractivity contribution in [3.63, 3.8) is 0 Å². The largest absolute Gasteiger partial charge is 0.376 e. The number of nitro groups is 1. The van der Waals surface area contributed by atoms with Crippen LogP contribution in [0.4, 0.5) is 15.8 Å². The average Bonchev–Trinajstić information content (AvgIpc) is 3.20. The van der Waals surface area contributed by atoms with Gasteiger partial charge in [-0.3, -0.25) is 14.9 Å². The molecule has 1 atom stereocenters. The molecule has 0 aliphatic heterocycles. The lowest BCUT2D eigenvalue weighted by Gasteiger charge is -2.18. The molecule has 27 heavy (non-hydrogen) atoms. The zero-order valence-electron chi connectivity index (χ0n) is 14.1. The molecule has 3 aromatic rings. The smallest absolute Gasteiger partial charge is 0.271 e. The SMILES string of the molecule is O=C(CNc1cccc([N+](=O)[O-])c1)N[C@@H](c1ccc(F)cc1)c1cccs1. The number of amides is 1. The third kappa shape index (κ3) is 4.89. The molecule has 0 saturated heterocycles. The summed E-state index contributed by atoms with van der Waals surface area (Å²) >= 11 is 1.49. The molecule has 2 N–H and O–H groups in total. The van der Waals surface area contributed by atoms with Gasteiger partial charge in [-0.2, -0.15) is 0 Å². The van der Waals surface area contributed by atoms with Crippen molar-refractivity contribution in [3.8, 4) is 0 Å². The summed E-state index contributed by atoms with van der Waals surface area (Å²) in [4.78, 5) is 23.7. The fraction of sp³-hybridized carbons (Fsp3) is 0.105. The van der Waals surface area contributed by atoms with Crippen LogP contribution in [-0.4, -0.2) is 17.4 Å². The van der Waals surface area contributed by atoms with Gasteiger partial charge in [-0.25, -0.2) is 4.39 Å². The quantitative estimate of drug-likeness (QED) is 0.473. The molecular formula is C19H16FN3O3S. The standard InChI is InChI=1S/C19H16FN3O3S/c20-14-8-6-13(7-9-14)19(17-5-2-10-27-17)22-18(24)12-21-15-3-1-4-16(11-15)23(25)26/h1-11,19,21H,12H2,(H,22,24)/t19-/m0/s1. The zero-order valence-corrected chi connectivity index (χ0v) is 14.9. The van der Waals surface area contributed by atoms with Gasteiger partial charge in [0.25, 0.3) is 5.69 Å². The van der Waals surface area contributed by atoms with Gasteiger partial charge in [-0.05, 0) is 35.2 Å². The van der Waals surface area contributed by atoms with Crippen molar-refractivity contribution in [3.05, 3.63) is 92.4 Å². The van der Waals surface area contributed by atoms with Gasteiger partial charge in [-0.15, -0.1) is 11.3 Å². The lowest BCUT2D eigenvalue weighted by atomic mass is 10.1. The van der Waals surface area contributed by atoms with E-state index in [0.29, 0.717) is 5.69 Å². The van der Waals surface area contributed by atoms with Gasteiger partial charge in [0.05, 0.1) is 17.5 Å². The minimum atomic E-state index is -0.493. The number of rotatable bonds is 7. The Morgan fingerprint density at radius 3 is 2.59 bits per heavy atom. The number of halogens is 1. The van der Waals surface area contributed by atoms with Crippen molar-refractivity contribution in [1.82, 2.24) is 5.32 Å². The number of nitrogens with one attached hydrogen (secondary N) is 2. The summed E-state index contributed by atoms with van der Waals surface area (Å²) in [6, 6.07) is 15.3. The summed E-state index contributed by atoms with van der Waals surface area (Å²) in [6.45, 7) is -0.0514. The summed E-state index contributed by atoms with van der Waals surface area (Å²) in [7, 11) is 0. The van der Waals surface area contributed by atoms with Crippen LogP contribution in [0.5, 0.6) is 0 Å². The molecule has 0 aliphatic carbocycles. The van der Waals surface area contributed by atoms with Crippen LogP contribution in [-0.2, 0) is 4.79 Å². The summed E-state index contributed by atoms with van der Waals surface area (Å²) in [5, 5.41) is 18.5. The number of carbonyl (C=O) groups is 1. The van der Waals surface area contributed by atoms with E-state index < -0.39 is 11.0 Å². The zero-order chi connectivity index (χ0) is 19.2. The number of carbonyl (C=O) groups excluding carboxylic acids is 1. The Labute approximate surface area is 158 Å². The van der Waals surface area contributed by atoms with E-state index in [2.05, 4.69) is 10.6 Å². The second kappa shape index (κ2) is 8.41. The summed E-state index contributed by atoms with van der Waals surface area (Å²) in [5.74, 6) is -0.633. The molecule has 0 saturated carbocycles. The highest BCUT2D eigenvalue weighted by Gasteiger charge is 2.18. The molecule has 0 unspecified atom stereocenters. The topological polar surface area (TPSA) is 84.3 Å². The molecule has 0 radical (unpaired) electrons. The Kier molecular flexibility index (Phi) is 5.77. The number of benzene rings is 2. The van der Waals surface area contributed by atoms with Crippen LogP contribution in [0.1, 0.15) is 16.5 Å². The van der Waals surface area contributed by atoms with Gasteiger partial charge in [-0.1, -0.05) is 24.3 Å². The first-order valence-electron chi connectivity index (χ1n) is 8.09. The van der Waals surface area contributed by atoms with Gasteiger partial charge in [0.1, 0.15) is 5.82 Å². The molecule has 138 valence electrons. The maximum atomic E-state index is 13.2. The highest BCUT2D eigenvalue weighted by Crippen LogP contribution is 2.26. The van der Waals surface area contributed by atoms with Crippen molar-refractivity contribution in [2.24, 2.45) is 0 Å². The van der Waals surface area contributed by atoms with Crippen molar-refractivity contribution >= 4 is 28.6 Å². The second-order valence-electron chi connectivity index (χ2n) is 5.73. The van der Waals surface area contributed by atoms with Crippen LogP contribution >= 0.6 is 11.3 Å². The normalized spacial score (nSPS) is 11.6. The molecule has 3 rings (SSSR count). The third-order valence-corrected chi connectivity index (χ3v) is 4.78. The van der Waals surface area contributed by atoms with E-state index in [1.807, 2.05) is 17.5 Å². The van der Waals surface area contributed by atoms with Crippen LogP contribution in [0.3, 0.4) is 0 Å². The Morgan fingerprint density at radius 2 is 1.93 bits per heavy atom. The summed E-state index contributed by atoms with van der Waals surface area (Å²) in [5.41, 5.74) is 1.19. The minimum absolute atomic E-state index is 0.0514. The van der Waals surface area contributed by atoms with E-state index in [9.17, 15) is 19.3 Å². The predicted octanol–water partition coefficient (Wildman–Crippen LogP) is 4.11. The maximum Gasteiger partial charge on any atom is 0.271 e. The molecule has 2 aromatic carbocycles. The second-order valence-corrected chi connectivity index (χ2v) is 6.71. The van der Waals surface area contributed by atoms with Crippen molar-refractivity contribution in [2.45, 2.75) is 6.04 Å². The molecule has 6 nitrogen and oxygen atoms in total. The van der Waals surface area contributed by atoms with Gasteiger partial charge in [0.2, 0.25) is 5.91 Å². The van der Waals surface area contributed by atoms with E-state index in [1.165, 1.54) is 35.6 Å². The lowest BCUT2D eigenvalue weighted by Crippen LogP contribution is -2.33. The average molecular weight is 385 g/mol. The number of thiophene rings is 1. The highest BCUT2D eigenvalue weighted by molar-refractivity contribution is 7.10. The molecule has 0 fully saturated rings. The van der Waals surface area contributed by atoms with Crippen molar-refractivity contribution in [1.29, 1.82) is 0 Å².